The summed E-state index contributed by atoms with van der Waals surface area (Å²) in [5, 5.41) is 6.94. The number of carbonyl (C=O) groups is 1. The predicted octanol–water partition coefficient (Wildman–Crippen LogP) is 0.170. The second-order valence-electron chi connectivity index (χ2n) is 3.90. The molecular formula is C10H16N4O2. The Balaban J connectivity index is 1.87. The van der Waals surface area contributed by atoms with Gasteiger partial charge in [-0.05, 0) is 19.4 Å². The fourth-order valence-corrected chi connectivity index (χ4v) is 1.84. The molecule has 1 aliphatic rings. The Hall–Kier alpha value is -1.43. The highest BCUT2D eigenvalue weighted by atomic mass is 16.5. The molecule has 6 heteroatoms. The normalized spacial score (nSPS) is 20.7. The summed E-state index contributed by atoms with van der Waals surface area (Å²) >= 11 is 0. The second-order valence-corrected chi connectivity index (χ2v) is 3.90. The van der Waals surface area contributed by atoms with Crippen molar-refractivity contribution in [3.8, 4) is 0 Å². The largest absolute Gasteiger partial charge is 0.343 e. The number of rotatable bonds is 5. The van der Waals surface area contributed by atoms with Crippen LogP contribution in [0.5, 0.6) is 0 Å². The lowest BCUT2D eigenvalue weighted by atomic mass is 10.2. The first-order valence-electron chi connectivity index (χ1n) is 5.58. The van der Waals surface area contributed by atoms with E-state index in [1.54, 1.807) is 4.90 Å². The topological polar surface area (TPSA) is 71.3 Å². The van der Waals surface area contributed by atoms with Crippen LogP contribution in [0.25, 0.3) is 0 Å². The van der Waals surface area contributed by atoms with E-state index < -0.39 is 0 Å². The molecule has 0 spiro atoms. The van der Waals surface area contributed by atoms with E-state index in [1.807, 2.05) is 0 Å². The van der Waals surface area contributed by atoms with Crippen LogP contribution in [-0.4, -0.2) is 40.1 Å². The minimum Gasteiger partial charge on any atom is -0.343 e. The van der Waals surface area contributed by atoms with E-state index in [4.69, 9.17) is 0 Å². The lowest BCUT2D eigenvalue weighted by Crippen LogP contribution is -2.38. The first kappa shape index (κ1) is 11.1. The molecule has 1 fully saturated rings. The molecular weight excluding hydrogens is 208 g/mol. The van der Waals surface area contributed by atoms with E-state index in [0.717, 1.165) is 25.9 Å². The summed E-state index contributed by atoms with van der Waals surface area (Å²) in [7, 11) is 0. The van der Waals surface area contributed by atoms with Gasteiger partial charge in [0.1, 0.15) is 0 Å². The molecule has 1 aromatic heterocycles. The van der Waals surface area contributed by atoms with E-state index in [1.165, 1.54) is 6.39 Å². The molecule has 2 heterocycles. The maximum atomic E-state index is 11.9. The second kappa shape index (κ2) is 5.07. The van der Waals surface area contributed by atoms with E-state index in [2.05, 4.69) is 26.9 Å². The molecule has 0 aromatic carbocycles. The summed E-state index contributed by atoms with van der Waals surface area (Å²) in [4.78, 5) is 17.6. The molecule has 1 atom stereocenters. The SMILES string of the molecule is CCCNC1CCN(Cc2ncon2)C1=O. The zero-order valence-electron chi connectivity index (χ0n) is 9.35. The van der Waals surface area contributed by atoms with Crippen molar-refractivity contribution in [2.24, 2.45) is 0 Å². The Morgan fingerprint density at radius 2 is 2.56 bits per heavy atom. The number of hydrogen-bond donors (Lipinski definition) is 1. The van der Waals surface area contributed by atoms with Crippen LogP contribution in [0.15, 0.2) is 10.9 Å². The molecule has 1 amide bonds. The predicted molar refractivity (Wildman–Crippen MR) is 56.4 cm³/mol. The standard InChI is InChI=1S/C10H16N4O2/c1-2-4-11-8-3-5-14(10(8)15)6-9-12-7-16-13-9/h7-8,11H,2-6H2,1H3. The first-order chi connectivity index (χ1) is 7.81. The molecule has 0 bridgehead atoms. The van der Waals surface area contributed by atoms with Gasteiger partial charge in [-0.1, -0.05) is 12.1 Å². The smallest absolute Gasteiger partial charge is 0.240 e. The number of aromatic nitrogens is 2. The molecule has 1 saturated heterocycles. The third-order valence-electron chi connectivity index (χ3n) is 2.68. The lowest BCUT2D eigenvalue weighted by Gasteiger charge is -2.14. The average molecular weight is 224 g/mol. The molecule has 6 nitrogen and oxygen atoms in total. The van der Waals surface area contributed by atoms with Crippen LogP contribution >= 0.6 is 0 Å². The quantitative estimate of drug-likeness (QED) is 0.772. The van der Waals surface area contributed by atoms with Gasteiger partial charge in [-0.25, -0.2) is 0 Å². The van der Waals surface area contributed by atoms with Gasteiger partial charge in [0.25, 0.3) is 0 Å². The summed E-state index contributed by atoms with van der Waals surface area (Å²) in [6.07, 6.45) is 3.17. The fraction of sp³-hybridized carbons (Fsp3) is 0.700. The molecule has 1 aromatic rings. The Morgan fingerprint density at radius 3 is 3.25 bits per heavy atom. The molecule has 1 aliphatic heterocycles. The monoisotopic (exact) mass is 224 g/mol. The molecule has 2 rings (SSSR count). The van der Waals surface area contributed by atoms with Gasteiger partial charge in [0, 0.05) is 6.54 Å². The van der Waals surface area contributed by atoms with Crippen molar-refractivity contribution in [2.45, 2.75) is 32.4 Å². The number of hydrogen-bond acceptors (Lipinski definition) is 5. The Labute approximate surface area is 94.0 Å². The summed E-state index contributed by atoms with van der Waals surface area (Å²) in [5.41, 5.74) is 0. The van der Waals surface area contributed by atoms with Crippen molar-refractivity contribution < 1.29 is 9.32 Å². The van der Waals surface area contributed by atoms with Gasteiger partial charge in [-0.2, -0.15) is 4.98 Å². The number of nitrogens with one attached hydrogen (secondary N) is 1. The van der Waals surface area contributed by atoms with Gasteiger partial charge in [-0.15, -0.1) is 0 Å². The third-order valence-corrected chi connectivity index (χ3v) is 2.68. The van der Waals surface area contributed by atoms with E-state index >= 15 is 0 Å². The van der Waals surface area contributed by atoms with E-state index in [9.17, 15) is 4.79 Å². The van der Waals surface area contributed by atoms with Crippen LogP contribution in [0.4, 0.5) is 0 Å². The van der Waals surface area contributed by atoms with Crippen molar-refractivity contribution in [3.63, 3.8) is 0 Å². The van der Waals surface area contributed by atoms with Crippen LogP contribution in [0.3, 0.4) is 0 Å². The number of nitrogens with zero attached hydrogens (tertiary/aromatic N) is 3. The van der Waals surface area contributed by atoms with Crippen LogP contribution in [0, 0.1) is 0 Å². The lowest BCUT2D eigenvalue weighted by molar-refractivity contribution is -0.130. The highest BCUT2D eigenvalue weighted by molar-refractivity contribution is 5.83. The number of likely N-dealkylation sites (tertiary alicyclic amines) is 1. The molecule has 1 unspecified atom stereocenters. The van der Waals surface area contributed by atoms with Gasteiger partial charge < -0.3 is 14.7 Å². The van der Waals surface area contributed by atoms with Gasteiger partial charge >= 0.3 is 0 Å². The van der Waals surface area contributed by atoms with Crippen molar-refractivity contribution in [1.29, 1.82) is 0 Å². The molecule has 0 radical (unpaired) electrons. The highest BCUT2D eigenvalue weighted by Crippen LogP contribution is 2.13. The van der Waals surface area contributed by atoms with Gasteiger partial charge in [-0.3, -0.25) is 4.79 Å². The highest BCUT2D eigenvalue weighted by Gasteiger charge is 2.31. The zero-order chi connectivity index (χ0) is 11.4. The minimum atomic E-state index is -0.0353. The molecule has 1 N–H and O–H groups in total. The van der Waals surface area contributed by atoms with Crippen LogP contribution in [-0.2, 0) is 11.3 Å². The zero-order valence-corrected chi connectivity index (χ0v) is 9.35. The summed E-state index contributed by atoms with van der Waals surface area (Å²) in [5.74, 6) is 0.697. The molecule has 0 saturated carbocycles. The summed E-state index contributed by atoms with van der Waals surface area (Å²) in [6, 6.07) is -0.0353. The van der Waals surface area contributed by atoms with Crippen molar-refractivity contribution in [3.05, 3.63) is 12.2 Å². The van der Waals surface area contributed by atoms with Crippen molar-refractivity contribution in [2.75, 3.05) is 13.1 Å². The number of amides is 1. The van der Waals surface area contributed by atoms with Crippen LogP contribution in [0.2, 0.25) is 0 Å². The van der Waals surface area contributed by atoms with Crippen LogP contribution in [0.1, 0.15) is 25.6 Å². The Bertz CT molecular complexity index is 339. The maximum absolute atomic E-state index is 11.9. The van der Waals surface area contributed by atoms with Gasteiger partial charge in [0.15, 0.2) is 5.82 Å². The molecule has 16 heavy (non-hydrogen) atoms. The summed E-state index contributed by atoms with van der Waals surface area (Å²) in [6.45, 7) is 4.17. The van der Waals surface area contributed by atoms with Crippen LogP contribution < -0.4 is 5.32 Å². The minimum absolute atomic E-state index is 0.0353. The van der Waals surface area contributed by atoms with Gasteiger partial charge in [0.2, 0.25) is 12.3 Å². The maximum Gasteiger partial charge on any atom is 0.240 e. The number of carbonyl (C=O) groups excluding carboxylic acids is 1. The summed E-state index contributed by atoms with van der Waals surface area (Å²) < 4.78 is 4.64. The van der Waals surface area contributed by atoms with E-state index in [0.29, 0.717) is 12.4 Å². The first-order valence-corrected chi connectivity index (χ1v) is 5.58. The van der Waals surface area contributed by atoms with Gasteiger partial charge in [0.05, 0.1) is 12.6 Å². The van der Waals surface area contributed by atoms with Crippen molar-refractivity contribution in [1.82, 2.24) is 20.4 Å². The Kier molecular flexibility index (Phi) is 3.51. The van der Waals surface area contributed by atoms with Crippen molar-refractivity contribution >= 4 is 5.91 Å². The third kappa shape index (κ3) is 2.38. The molecule has 0 aliphatic carbocycles. The molecule has 88 valence electrons. The Morgan fingerprint density at radius 1 is 1.69 bits per heavy atom. The van der Waals surface area contributed by atoms with E-state index in [-0.39, 0.29) is 11.9 Å². The average Bonchev–Trinajstić information content (AvgIpc) is 2.89. The fourth-order valence-electron chi connectivity index (χ4n) is 1.84.